The molecule has 1 nitrogen and oxygen atoms in total. The molecule has 0 atom stereocenters. The van der Waals surface area contributed by atoms with Gasteiger partial charge in [0, 0.05) is 17.8 Å². The normalized spacial score (nSPS) is 24.8. The van der Waals surface area contributed by atoms with Crippen LogP contribution in [0.1, 0.15) is 31.7 Å². The van der Waals surface area contributed by atoms with E-state index in [4.69, 9.17) is 0 Å². The lowest BCUT2D eigenvalue weighted by Crippen LogP contribution is -2.28. The van der Waals surface area contributed by atoms with Crippen LogP contribution in [-0.2, 0) is 0 Å². The van der Waals surface area contributed by atoms with Gasteiger partial charge in [0.1, 0.15) is 0 Å². The van der Waals surface area contributed by atoms with Gasteiger partial charge in [0.05, 0.1) is 5.92 Å². The molecule has 0 unspecified atom stereocenters. The predicted octanol–water partition coefficient (Wildman–Crippen LogP) is 4.93. The summed E-state index contributed by atoms with van der Waals surface area (Å²) in [6.07, 6.45) is -0.292. The van der Waals surface area contributed by atoms with Gasteiger partial charge in [-0.25, -0.2) is 0 Å². The van der Waals surface area contributed by atoms with Crippen molar-refractivity contribution in [3.63, 3.8) is 0 Å². The molecule has 0 spiro atoms. The lowest BCUT2D eigenvalue weighted by Gasteiger charge is -2.31. The zero-order valence-corrected chi connectivity index (χ0v) is 10.5. The molecule has 3 rings (SSSR count). The Morgan fingerprint density at radius 3 is 2.32 bits per heavy atom. The number of aromatic nitrogens is 1. The van der Waals surface area contributed by atoms with Crippen molar-refractivity contribution in [2.75, 3.05) is 0 Å². The second-order valence-corrected chi connectivity index (χ2v) is 5.33. The number of halogens is 3. The van der Waals surface area contributed by atoms with Gasteiger partial charge < -0.3 is 4.57 Å². The molecule has 0 N–H and O–H groups in total. The Hall–Kier alpha value is -1.45. The third kappa shape index (κ3) is 2.36. The maximum absolute atomic E-state index is 12.7. The molecule has 1 fully saturated rings. The first-order valence-electron chi connectivity index (χ1n) is 6.68. The van der Waals surface area contributed by atoms with Crippen molar-refractivity contribution in [3.05, 3.63) is 36.5 Å². The number of rotatable bonds is 1. The van der Waals surface area contributed by atoms with E-state index in [0.29, 0.717) is 12.8 Å². The summed E-state index contributed by atoms with van der Waals surface area (Å²) >= 11 is 0. The lowest BCUT2D eigenvalue weighted by atomic mass is 9.85. The fraction of sp³-hybridized carbons (Fsp3) is 0.467. The molecule has 0 amide bonds. The summed E-state index contributed by atoms with van der Waals surface area (Å²) in [6.45, 7) is 0. The number of hydrogen-bond donors (Lipinski definition) is 0. The standard InChI is InChI=1S/C15H16F3N/c16-15(17,18)12-5-7-13(8-6-12)19-10-9-11-3-1-2-4-14(11)19/h1-4,9-10,12-13H,5-8H2. The van der Waals surface area contributed by atoms with Gasteiger partial charge in [-0.2, -0.15) is 13.2 Å². The Morgan fingerprint density at radius 2 is 1.63 bits per heavy atom. The quantitative estimate of drug-likeness (QED) is 0.690. The van der Waals surface area contributed by atoms with Crippen LogP contribution in [0.4, 0.5) is 13.2 Å². The Kier molecular flexibility index (Phi) is 3.03. The van der Waals surface area contributed by atoms with E-state index in [0.717, 1.165) is 10.9 Å². The molecule has 1 aromatic carbocycles. The van der Waals surface area contributed by atoms with Crippen molar-refractivity contribution in [1.29, 1.82) is 0 Å². The highest BCUT2D eigenvalue weighted by molar-refractivity contribution is 5.80. The highest BCUT2D eigenvalue weighted by atomic mass is 19.4. The first kappa shape index (κ1) is 12.6. The Morgan fingerprint density at radius 1 is 0.947 bits per heavy atom. The minimum absolute atomic E-state index is 0.207. The summed E-state index contributed by atoms with van der Waals surface area (Å²) in [5.74, 6) is -1.11. The second kappa shape index (κ2) is 4.58. The fourth-order valence-corrected chi connectivity index (χ4v) is 3.10. The summed E-state index contributed by atoms with van der Waals surface area (Å²) in [4.78, 5) is 0. The molecule has 2 aromatic rings. The van der Waals surface area contributed by atoms with E-state index in [2.05, 4.69) is 4.57 Å². The summed E-state index contributed by atoms with van der Waals surface area (Å²) < 4.78 is 40.1. The van der Waals surface area contributed by atoms with E-state index in [1.54, 1.807) is 0 Å². The third-order valence-corrected chi connectivity index (χ3v) is 4.18. The van der Waals surface area contributed by atoms with Crippen molar-refractivity contribution >= 4 is 10.9 Å². The molecule has 1 saturated carbocycles. The van der Waals surface area contributed by atoms with Crippen molar-refractivity contribution in [1.82, 2.24) is 4.57 Å². The topological polar surface area (TPSA) is 4.93 Å². The van der Waals surface area contributed by atoms with Crippen LogP contribution in [0.5, 0.6) is 0 Å². The predicted molar refractivity (Wildman–Crippen MR) is 69.0 cm³/mol. The highest BCUT2D eigenvalue weighted by Gasteiger charge is 2.41. The van der Waals surface area contributed by atoms with E-state index in [1.807, 2.05) is 36.5 Å². The number of para-hydroxylation sites is 1. The Bertz CT molecular complexity index is 562. The molecule has 1 aliphatic carbocycles. The maximum Gasteiger partial charge on any atom is 0.391 e. The Balaban J connectivity index is 1.79. The lowest BCUT2D eigenvalue weighted by molar-refractivity contribution is -0.183. The first-order valence-corrected chi connectivity index (χ1v) is 6.68. The van der Waals surface area contributed by atoms with Gasteiger partial charge in [-0.15, -0.1) is 0 Å². The molecule has 1 heterocycles. The van der Waals surface area contributed by atoms with E-state index in [1.165, 1.54) is 0 Å². The summed E-state index contributed by atoms with van der Waals surface area (Å²) in [7, 11) is 0. The van der Waals surface area contributed by atoms with E-state index >= 15 is 0 Å². The number of fused-ring (bicyclic) bond motifs is 1. The number of alkyl halides is 3. The van der Waals surface area contributed by atoms with Crippen LogP contribution in [-0.4, -0.2) is 10.7 Å². The summed E-state index contributed by atoms with van der Waals surface area (Å²) in [5, 5.41) is 1.15. The van der Waals surface area contributed by atoms with Crippen LogP contribution in [0.3, 0.4) is 0 Å². The van der Waals surface area contributed by atoms with Gasteiger partial charge >= 0.3 is 6.18 Å². The first-order chi connectivity index (χ1) is 9.05. The van der Waals surface area contributed by atoms with Gasteiger partial charge in [0.2, 0.25) is 0 Å². The summed E-state index contributed by atoms with van der Waals surface area (Å²) in [5.41, 5.74) is 1.12. The molecular formula is C15H16F3N. The van der Waals surface area contributed by atoms with Gasteiger partial charge in [0.25, 0.3) is 0 Å². The highest BCUT2D eigenvalue weighted by Crippen LogP contribution is 2.41. The number of nitrogens with zero attached hydrogens (tertiary/aromatic N) is 1. The molecule has 0 radical (unpaired) electrons. The van der Waals surface area contributed by atoms with Crippen LogP contribution in [0.15, 0.2) is 36.5 Å². The van der Waals surface area contributed by atoms with Crippen LogP contribution in [0.2, 0.25) is 0 Å². The zero-order chi connectivity index (χ0) is 13.5. The maximum atomic E-state index is 12.7. The van der Waals surface area contributed by atoms with E-state index < -0.39 is 12.1 Å². The average molecular weight is 267 g/mol. The van der Waals surface area contributed by atoms with Crippen molar-refractivity contribution < 1.29 is 13.2 Å². The monoisotopic (exact) mass is 267 g/mol. The van der Waals surface area contributed by atoms with Crippen LogP contribution in [0.25, 0.3) is 10.9 Å². The molecule has 0 aliphatic heterocycles. The van der Waals surface area contributed by atoms with Crippen LogP contribution < -0.4 is 0 Å². The van der Waals surface area contributed by atoms with E-state index in [9.17, 15) is 13.2 Å². The van der Waals surface area contributed by atoms with Crippen LogP contribution in [0, 0.1) is 5.92 Å². The van der Waals surface area contributed by atoms with Gasteiger partial charge in [-0.1, -0.05) is 18.2 Å². The molecule has 0 bridgehead atoms. The average Bonchev–Trinajstić information content (AvgIpc) is 2.82. The molecule has 0 saturated heterocycles. The van der Waals surface area contributed by atoms with Crippen molar-refractivity contribution in [2.45, 2.75) is 37.9 Å². The number of benzene rings is 1. The van der Waals surface area contributed by atoms with Gasteiger partial charge in [0.15, 0.2) is 0 Å². The Labute approximate surface area is 110 Å². The SMILES string of the molecule is FC(F)(F)C1CCC(n2ccc3ccccc32)CC1. The van der Waals surface area contributed by atoms with Gasteiger partial charge in [-0.3, -0.25) is 0 Å². The molecule has 102 valence electrons. The van der Waals surface area contributed by atoms with Crippen LogP contribution >= 0.6 is 0 Å². The second-order valence-electron chi connectivity index (χ2n) is 5.33. The smallest absolute Gasteiger partial charge is 0.344 e. The summed E-state index contributed by atoms with van der Waals surface area (Å²) in [6, 6.07) is 10.3. The van der Waals surface area contributed by atoms with Crippen molar-refractivity contribution in [3.8, 4) is 0 Å². The third-order valence-electron chi connectivity index (χ3n) is 4.18. The van der Waals surface area contributed by atoms with Crippen molar-refractivity contribution in [2.24, 2.45) is 5.92 Å². The fourth-order valence-electron chi connectivity index (χ4n) is 3.10. The zero-order valence-electron chi connectivity index (χ0n) is 10.5. The number of hydrogen-bond acceptors (Lipinski definition) is 0. The molecular weight excluding hydrogens is 251 g/mol. The minimum atomic E-state index is -4.02. The minimum Gasteiger partial charge on any atom is -0.344 e. The largest absolute Gasteiger partial charge is 0.391 e. The molecule has 1 aromatic heterocycles. The van der Waals surface area contributed by atoms with Gasteiger partial charge in [-0.05, 0) is 43.2 Å². The molecule has 19 heavy (non-hydrogen) atoms. The molecule has 1 aliphatic rings. The van der Waals surface area contributed by atoms with E-state index in [-0.39, 0.29) is 18.9 Å². The molecule has 4 heteroatoms.